The van der Waals surface area contributed by atoms with E-state index in [2.05, 4.69) is 31.3 Å². The van der Waals surface area contributed by atoms with Crippen molar-refractivity contribution < 1.29 is 14.3 Å². The second-order valence-corrected chi connectivity index (χ2v) is 7.57. The largest absolute Gasteiger partial charge is 0.466 e. The Bertz CT molecular complexity index is 1040. The summed E-state index contributed by atoms with van der Waals surface area (Å²) in [5.41, 5.74) is 6.30. The van der Waals surface area contributed by atoms with E-state index in [1.54, 1.807) is 0 Å². The molecule has 0 spiro atoms. The molecule has 0 amide bonds. The molecule has 1 aliphatic heterocycles. The average Bonchev–Trinajstić information content (AvgIpc) is 2.98. The summed E-state index contributed by atoms with van der Waals surface area (Å²) >= 11 is 0. The number of dihydropyridines is 1. The molecule has 0 fully saturated rings. The Morgan fingerprint density at radius 1 is 1.04 bits per heavy atom. The fourth-order valence-electron chi connectivity index (χ4n) is 4.12. The number of esters is 1. The van der Waals surface area contributed by atoms with Crippen molar-refractivity contribution in [2.24, 2.45) is 0 Å². The maximum absolute atomic E-state index is 13.3. The van der Waals surface area contributed by atoms with Gasteiger partial charge in [0, 0.05) is 28.3 Å². The first-order valence-electron chi connectivity index (χ1n) is 9.48. The normalized spacial score (nSPS) is 18.2. The minimum atomic E-state index is -0.454. The van der Waals surface area contributed by atoms with Crippen LogP contribution in [0.3, 0.4) is 0 Å². The number of Topliss-reactive ketones (excluding diaryl/α,β-unsaturated/α-hetero) is 1. The van der Waals surface area contributed by atoms with E-state index in [1.807, 2.05) is 43.3 Å². The molecule has 4 heteroatoms. The predicted molar refractivity (Wildman–Crippen MR) is 109 cm³/mol. The van der Waals surface area contributed by atoms with Gasteiger partial charge in [-0.05, 0) is 24.0 Å². The number of carbonyl (C=O) groups excluding carboxylic acids is 2. The molecule has 4 nitrogen and oxygen atoms in total. The summed E-state index contributed by atoms with van der Waals surface area (Å²) in [5.74, 6) is -0.500. The van der Waals surface area contributed by atoms with Crippen LogP contribution in [-0.2, 0) is 9.53 Å². The van der Waals surface area contributed by atoms with Crippen molar-refractivity contribution in [2.45, 2.75) is 32.6 Å². The zero-order valence-corrected chi connectivity index (χ0v) is 16.5. The summed E-state index contributed by atoms with van der Waals surface area (Å²) in [6.45, 7) is 6.14. The highest BCUT2D eigenvalue weighted by molar-refractivity contribution is 6.23. The van der Waals surface area contributed by atoms with E-state index in [9.17, 15) is 9.59 Å². The predicted octanol–water partition coefficient (Wildman–Crippen LogP) is 4.55. The Morgan fingerprint density at radius 2 is 1.68 bits per heavy atom. The summed E-state index contributed by atoms with van der Waals surface area (Å²) in [4.78, 5) is 25.9. The van der Waals surface area contributed by atoms with Gasteiger partial charge in [-0.2, -0.15) is 0 Å². The number of ether oxygens (including phenoxy) is 1. The third kappa shape index (κ3) is 2.68. The lowest BCUT2D eigenvalue weighted by Gasteiger charge is -2.29. The van der Waals surface area contributed by atoms with Crippen molar-refractivity contribution in [1.82, 2.24) is 5.32 Å². The van der Waals surface area contributed by atoms with Crippen LogP contribution in [0.2, 0.25) is 0 Å². The highest BCUT2D eigenvalue weighted by Gasteiger charge is 2.42. The number of rotatable bonds is 3. The first-order chi connectivity index (χ1) is 13.4. The summed E-state index contributed by atoms with van der Waals surface area (Å²) in [7, 11) is 1.37. The van der Waals surface area contributed by atoms with Crippen LogP contribution in [0, 0.1) is 0 Å². The van der Waals surface area contributed by atoms with Crippen LogP contribution in [0.4, 0.5) is 0 Å². The van der Waals surface area contributed by atoms with Gasteiger partial charge in [0.2, 0.25) is 0 Å². The smallest absolute Gasteiger partial charge is 0.336 e. The van der Waals surface area contributed by atoms with Crippen molar-refractivity contribution >= 4 is 17.4 Å². The molecule has 4 rings (SSSR count). The molecule has 2 aliphatic rings. The number of methoxy groups -OCH3 is 1. The molecule has 0 radical (unpaired) electrons. The zero-order valence-electron chi connectivity index (χ0n) is 16.5. The van der Waals surface area contributed by atoms with Gasteiger partial charge in [0.25, 0.3) is 0 Å². The number of hydrogen-bond donors (Lipinski definition) is 1. The second-order valence-electron chi connectivity index (χ2n) is 7.57. The number of carbonyl (C=O) groups is 2. The van der Waals surface area contributed by atoms with E-state index < -0.39 is 11.9 Å². The van der Waals surface area contributed by atoms with Crippen molar-refractivity contribution in [3.63, 3.8) is 0 Å². The van der Waals surface area contributed by atoms with E-state index in [1.165, 1.54) is 12.7 Å². The SMILES string of the molecule is COC(=O)C1=C(C)NC2=C(C(=O)c3ccccc32)[C@H]1c1ccc(C(C)C)cc1. The van der Waals surface area contributed by atoms with Gasteiger partial charge in [0.1, 0.15) is 0 Å². The molecule has 2 aromatic rings. The van der Waals surface area contributed by atoms with Crippen molar-refractivity contribution in [3.8, 4) is 0 Å². The monoisotopic (exact) mass is 373 g/mol. The molecular weight excluding hydrogens is 350 g/mol. The maximum atomic E-state index is 13.3. The lowest BCUT2D eigenvalue weighted by atomic mass is 9.79. The van der Waals surface area contributed by atoms with Gasteiger partial charge in [-0.3, -0.25) is 4.79 Å². The van der Waals surface area contributed by atoms with Gasteiger partial charge in [-0.25, -0.2) is 4.79 Å². The minimum absolute atomic E-state index is 0.0371. The van der Waals surface area contributed by atoms with Crippen molar-refractivity contribution in [3.05, 3.63) is 87.6 Å². The van der Waals surface area contributed by atoms with E-state index in [4.69, 9.17) is 4.74 Å². The number of nitrogens with one attached hydrogen (secondary N) is 1. The maximum Gasteiger partial charge on any atom is 0.336 e. The first kappa shape index (κ1) is 18.2. The molecule has 2 aromatic carbocycles. The first-order valence-corrected chi connectivity index (χ1v) is 9.48. The van der Waals surface area contributed by atoms with Crippen LogP contribution in [0.5, 0.6) is 0 Å². The molecule has 0 saturated carbocycles. The van der Waals surface area contributed by atoms with Crippen molar-refractivity contribution in [2.75, 3.05) is 7.11 Å². The Labute approximate surface area is 164 Å². The topological polar surface area (TPSA) is 55.4 Å². The summed E-state index contributed by atoms with van der Waals surface area (Å²) in [6, 6.07) is 15.7. The minimum Gasteiger partial charge on any atom is -0.466 e. The van der Waals surface area contributed by atoms with Crippen LogP contribution in [0.15, 0.2) is 65.4 Å². The standard InChI is InChI=1S/C24H23NO3/c1-13(2)15-9-11-16(12-10-15)20-19(24(27)28-4)14(3)25-22-17-7-5-6-8-18(17)23(26)21(20)22/h5-13,20,25H,1-4H3/t20-/m0/s1. The van der Waals surface area contributed by atoms with Gasteiger partial charge < -0.3 is 10.1 Å². The Kier molecular flexibility index (Phi) is 4.42. The van der Waals surface area contributed by atoms with Crippen LogP contribution in [-0.4, -0.2) is 18.9 Å². The molecular formula is C24H23NO3. The van der Waals surface area contributed by atoms with Gasteiger partial charge >= 0.3 is 5.97 Å². The lowest BCUT2D eigenvalue weighted by Crippen LogP contribution is -2.29. The fourth-order valence-corrected chi connectivity index (χ4v) is 4.12. The second kappa shape index (κ2) is 6.79. The number of hydrogen-bond acceptors (Lipinski definition) is 4. The molecule has 0 bridgehead atoms. The van der Waals surface area contributed by atoms with Gasteiger partial charge in [0.15, 0.2) is 5.78 Å². The molecule has 1 atom stereocenters. The Balaban J connectivity index is 1.91. The van der Waals surface area contributed by atoms with E-state index >= 15 is 0 Å². The van der Waals surface area contributed by atoms with Crippen LogP contribution >= 0.6 is 0 Å². The van der Waals surface area contributed by atoms with Crippen molar-refractivity contribution in [1.29, 1.82) is 0 Å². The lowest BCUT2D eigenvalue weighted by molar-refractivity contribution is -0.136. The van der Waals surface area contributed by atoms with Gasteiger partial charge in [-0.15, -0.1) is 0 Å². The Morgan fingerprint density at radius 3 is 2.29 bits per heavy atom. The fraction of sp³-hybridized carbons (Fsp3) is 0.250. The zero-order chi connectivity index (χ0) is 20.0. The van der Waals surface area contributed by atoms with E-state index in [-0.39, 0.29) is 5.78 Å². The number of ketones is 1. The molecule has 1 heterocycles. The number of benzene rings is 2. The van der Waals surface area contributed by atoms with Gasteiger partial charge in [0.05, 0.1) is 18.4 Å². The third-order valence-corrected chi connectivity index (χ3v) is 5.59. The Hall–Kier alpha value is -3.14. The van der Waals surface area contributed by atoms with E-state index in [0.717, 1.165) is 16.8 Å². The average molecular weight is 373 g/mol. The molecule has 1 N–H and O–H groups in total. The number of allylic oxidation sites excluding steroid dienone is 2. The van der Waals surface area contributed by atoms with Crippen LogP contribution in [0.25, 0.3) is 5.70 Å². The molecule has 142 valence electrons. The van der Waals surface area contributed by atoms with Gasteiger partial charge in [-0.1, -0.05) is 62.4 Å². The quantitative estimate of drug-likeness (QED) is 0.802. The molecule has 28 heavy (non-hydrogen) atoms. The number of fused-ring (bicyclic) bond motifs is 2. The van der Waals surface area contributed by atoms with Crippen LogP contribution < -0.4 is 5.32 Å². The third-order valence-electron chi connectivity index (χ3n) is 5.59. The molecule has 0 unspecified atom stereocenters. The highest BCUT2D eigenvalue weighted by Crippen LogP contribution is 2.46. The van der Waals surface area contributed by atoms with Crippen LogP contribution in [0.1, 0.15) is 59.7 Å². The summed E-state index contributed by atoms with van der Waals surface area (Å²) in [5, 5.41) is 3.30. The summed E-state index contributed by atoms with van der Waals surface area (Å²) in [6.07, 6.45) is 0. The molecule has 0 saturated heterocycles. The summed E-state index contributed by atoms with van der Waals surface area (Å²) < 4.78 is 5.06. The highest BCUT2D eigenvalue weighted by atomic mass is 16.5. The molecule has 0 aromatic heterocycles. The molecule has 1 aliphatic carbocycles. The van der Waals surface area contributed by atoms with E-state index in [0.29, 0.717) is 28.3 Å².